The summed E-state index contributed by atoms with van der Waals surface area (Å²) in [5.74, 6) is -2.07. The number of para-hydroxylation sites is 1. The highest BCUT2D eigenvalue weighted by molar-refractivity contribution is 6.15. The second-order valence-corrected chi connectivity index (χ2v) is 9.77. The quantitative estimate of drug-likeness (QED) is 0.568. The van der Waals surface area contributed by atoms with Gasteiger partial charge in [-0.2, -0.15) is 0 Å². The number of hydrogen-bond acceptors (Lipinski definition) is 4. The molecule has 0 aromatic heterocycles. The number of imide groups is 1. The SMILES string of the molecule is Cc1cccc2c1NC(=O)[C@@]21N[C@H](Cc2ccccc2)[C@H]2C(=O)N(CCc3ccccc3)C(=O)[C@H]21. The summed E-state index contributed by atoms with van der Waals surface area (Å²) < 4.78 is 0. The molecule has 3 aromatic rings. The molecule has 3 amide bonds. The Morgan fingerprint density at radius 2 is 1.51 bits per heavy atom. The third-order valence-electron chi connectivity index (χ3n) is 7.82. The van der Waals surface area contributed by atoms with Crippen LogP contribution in [-0.2, 0) is 32.8 Å². The molecule has 0 radical (unpaired) electrons. The lowest BCUT2D eigenvalue weighted by atomic mass is 9.76. The highest BCUT2D eigenvalue weighted by Crippen LogP contribution is 2.53. The zero-order valence-corrected chi connectivity index (χ0v) is 19.5. The van der Waals surface area contributed by atoms with E-state index in [1.165, 1.54) is 4.90 Å². The van der Waals surface area contributed by atoms with Crippen molar-refractivity contribution >= 4 is 23.4 Å². The lowest BCUT2D eigenvalue weighted by molar-refractivity contribution is -0.142. The van der Waals surface area contributed by atoms with Crippen molar-refractivity contribution in [3.05, 3.63) is 101 Å². The van der Waals surface area contributed by atoms with Gasteiger partial charge in [0.15, 0.2) is 0 Å². The van der Waals surface area contributed by atoms with Crippen LogP contribution in [0.25, 0.3) is 0 Å². The molecule has 4 atom stereocenters. The lowest BCUT2D eigenvalue weighted by Crippen LogP contribution is -2.53. The number of amides is 3. The van der Waals surface area contributed by atoms with Gasteiger partial charge in [0, 0.05) is 23.8 Å². The van der Waals surface area contributed by atoms with Crippen LogP contribution in [0.1, 0.15) is 22.3 Å². The van der Waals surface area contributed by atoms with Gasteiger partial charge in [-0.3, -0.25) is 24.6 Å². The molecule has 6 heteroatoms. The molecule has 0 saturated carbocycles. The number of nitrogens with one attached hydrogen (secondary N) is 2. The molecule has 3 heterocycles. The van der Waals surface area contributed by atoms with Crippen LogP contribution in [0.5, 0.6) is 0 Å². The summed E-state index contributed by atoms with van der Waals surface area (Å²) in [6.45, 7) is 2.25. The minimum atomic E-state index is -1.25. The highest BCUT2D eigenvalue weighted by atomic mass is 16.2. The predicted octanol–water partition coefficient (Wildman–Crippen LogP) is 3.20. The van der Waals surface area contributed by atoms with Crippen molar-refractivity contribution in [2.24, 2.45) is 11.8 Å². The Balaban J connectivity index is 1.41. The van der Waals surface area contributed by atoms with E-state index in [2.05, 4.69) is 10.6 Å². The molecular formula is C29H27N3O3. The molecule has 6 rings (SSSR count). The molecule has 3 aliphatic heterocycles. The molecule has 0 unspecified atom stereocenters. The molecule has 2 fully saturated rings. The summed E-state index contributed by atoms with van der Waals surface area (Å²) in [5, 5.41) is 6.54. The summed E-state index contributed by atoms with van der Waals surface area (Å²) >= 11 is 0. The van der Waals surface area contributed by atoms with Gasteiger partial charge in [0.05, 0.1) is 11.8 Å². The first-order chi connectivity index (χ1) is 17.0. The van der Waals surface area contributed by atoms with Crippen LogP contribution in [0.15, 0.2) is 78.9 Å². The maximum atomic E-state index is 13.9. The van der Waals surface area contributed by atoms with E-state index in [9.17, 15) is 14.4 Å². The zero-order valence-electron chi connectivity index (χ0n) is 19.5. The number of hydrogen-bond donors (Lipinski definition) is 2. The van der Waals surface area contributed by atoms with Gasteiger partial charge in [0.2, 0.25) is 17.7 Å². The van der Waals surface area contributed by atoms with Crippen LogP contribution < -0.4 is 10.6 Å². The summed E-state index contributed by atoms with van der Waals surface area (Å²) in [7, 11) is 0. The second-order valence-electron chi connectivity index (χ2n) is 9.77. The van der Waals surface area contributed by atoms with E-state index in [0.29, 0.717) is 19.4 Å². The van der Waals surface area contributed by atoms with Crippen LogP contribution in [0.4, 0.5) is 5.69 Å². The molecule has 2 N–H and O–H groups in total. The van der Waals surface area contributed by atoms with Crippen molar-refractivity contribution in [1.29, 1.82) is 0 Å². The first kappa shape index (κ1) is 21.7. The largest absolute Gasteiger partial charge is 0.324 e. The van der Waals surface area contributed by atoms with Crippen LogP contribution in [0.3, 0.4) is 0 Å². The molecule has 176 valence electrons. The third kappa shape index (κ3) is 3.24. The molecule has 6 nitrogen and oxygen atoms in total. The minimum Gasteiger partial charge on any atom is -0.324 e. The number of benzene rings is 3. The number of nitrogens with zero attached hydrogens (tertiary/aromatic N) is 1. The van der Waals surface area contributed by atoms with Crippen molar-refractivity contribution in [2.45, 2.75) is 31.3 Å². The van der Waals surface area contributed by atoms with Gasteiger partial charge < -0.3 is 5.32 Å². The minimum absolute atomic E-state index is 0.185. The van der Waals surface area contributed by atoms with Gasteiger partial charge in [0.25, 0.3) is 0 Å². The van der Waals surface area contributed by atoms with Crippen LogP contribution in [0.2, 0.25) is 0 Å². The van der Waals surface area contributed by atoms with Crippen molar-refractivity contribution in [2.75, 3.05) is 11.9 Å². The van der Waals surface area contributed by atoms with Gasteiger partial charge in [0.1, 0.15) is 5.54 Å². The number of aryl methyl sites for hydroxylation is 1. The Hall–Kier alpha value is -3.77. The standard InChI is InChI=1S/C29H27N3O3/c1-18-9-8-14-21-25(18)30-28(35)29(21)24-23(22(31-29)17-20-12-6-3-7-13-20)26(33)32(27(24)34)16-15-19-10-4-2-5-11-19/h2-14,22-24,31H,15-17H2,1H3,(H,30,35)/t22-,23-,24+,29-/m1/s1. The van der Waals surface area contributed by atoms with Gasteiger partial charge in [-0.15, -0.1) is 0 Å². The number of carbonyl (C=O) groups is 3. The summed E-state index contributed by atoms with van der Waals surface area (Å²) in [6.07, 6.45) is 1.15. The maximum Gasteiger partial charge on any atom is 0.250 e. The fourth-order valence-electron chi connectivity index (χ4n) is 6.18. The molecule has 2 saturated heterocycles. The van der Waals surface area contributed by atoms with Crippen molar-refractivity contribution in [1.82, 2.24) is 10.2 Å². The van der Waals surface area contributed by atoms with E-state index in [1.54, 1.807) is 0 Å². The van der Waals surface area contributed by atoms with E-state index in [4.69, 9.17) is 0 Å². The van der Waals surface area contributed by atoms with Gasteiger partial charge in [-0.25, -0.2) is 0 Å². The average Bonchev–Trinajstić information content (AvgIpc) is 3.45. The van der Waals surface area contributed by atoms with Crippen molar-refractivity contribution < 1.29 is 14.4 Å². The van der Waals surface area contributed by atoms with Crippen LogP contribution in [-0.4, -0.2) is 35.2 Å². The molecule has 0 bridgehead atoms. The monoisotopic (exact) mass is 465 g/mol. The smallest absolute Gasteiger partial charge is 0.250 e. The Labute approximate surface area is 204 Å². The van der Waals surface area contributed by atoms with E-state index < -0.39 is 17.4 Å². The van der Waals surface area contributed by atoms with Crippen LogP contribution >= 0.6 is 0 Å². The molecule has 35 heavy (non-hydrogen) atoms. The third-order valence-corrected chi connectivity index (χ3v) is 7.82. The van der Waals surface area contributed by atoms with Gasteiger partial charge in [-0.1, -0.05) is 78.9 Å². The summed E-state index contributed by atoms with van der Waals surface area (Å²) in [4.78, 5) is 42.7. The molecule has 3 aromatic carbocycles. The highest BCUT2D eigenvalue weighted by Gasteiger charge is 2.70. The Morgan fingerprint density at radius 3 is 2.23 bits per heavy atom. The van der Waals surface area contributed by atoms with Gasteiger partial charge >= 0.3 is 0 Å². The lowest BCUT2D eigenvalue weighted by Gasteiger charge is -2.29. The summed E-state index contributed by atoms with van der Waals surface area (Å²) in [5.41, 5.74) is 3.33. The normalized spacial score (nSPS) is 26.8. The van der Waals surface area contributed by atoms with Gasteiger partial charge in [-0.05, 0) is 36.5 Å². The van der Waals surface area contributed by atoms with E-state index in [0.717, 1.165) is 27.9 Å². The number of fused-ring (bicyclic) bond motifs is 4. The number of rotatable bonds is 5. The van der Waals surface area contributed by atoms with E-state index >= 15 is 0 Å². The fraction of sp³-hybridized carbons (Fsp3) is 0.276. The first-order valence-corrected chi connectivity index (χ1v) is 12.1. The first-order valence-electron chi connectivity index (χ1n) is 12.1. The molecule has 1 spiro atoms. The Morgan fingerprint density at radius 1 is 0.829 bits per heavy atom. The Bertz CT molecular complexity index is 1320. The second kappa shape index (κ2) is 8.17. The topological polar surface area (TPSA) is 78.5 Å². The zero-order chi connectivity index (χ0) is 24.2. The molecular weight excluding hydrogens is 438 g/mol. The van der Waals surface area contributed by atoms with Crippen LogP contribution in [0, 0.1) is 18.8 Å². The average molecular weight is 466 g/mol. The Kier molecular flexibility index (Phi) is 5.07. The predicted molar refractivity (Wildman–Crippen MR) is 132 cm³/mol. The maximum absolute atomic E-state index is 13.9. The number of anilines is 1. The molecule has 3 aliphatic rings. The number of likely N-dealkylation sites (tertiary alicyclic amines) is 1. The van der Waals surface area contributed by atoms with E-state index in [-0.39, 0.29) is 23.8 Å². The van der Waals surface area contributed by atoms with E-state index in [1.807, 2.05) is 85.8 Å². The number of carbonyl (C=O) groups excluding carboxylic acids is 3. The van der Waals surface area contributed by atoms with Crippen molar-refractivity contribution in [3.8, 4) is 0 Å². The fourth-order valence-corrected chi connectivity index (χ4v) is 6.18. The molecule has 0 aliphatic carbocycles. The van der Waals surface area contributed by atoms with Crippen molar-refractivity contribution in [3.63, 3.8) is 0 Å². The summed E-state index contributed by atoms with van der Waals surface area (Å²) in [6, 6.07) is 25.2.